The van der Waals surface area contributed by atoms with Gasteiger partial charge < -0.3 is 4.98 Å². The summed E-state index contributed by atoms with van der Waals surface area (Å²) in [6.07, 6.45) is 4.75. The maximum Gasteiger partial charge on any atom is 0.275 e. The Morgan fingerprint density at radius 3 is 2.94 bits per heavy atom. The van der Waals surface area contributed by atoms with Gasteiger partial charge in [0, 0.05) is 11.6 Å². The van der Waals surface area contributed by atoms with Crippen molar-refractivity contribution in [1.29, 1.82) is 0 Å². The smallest absolute Gasteiger partial charge is 0.275 e. The number of H-pyrrole nitrogens is 1. The van der Waals surface area contributed by atoms with Crippen molar-refractivity contribution in [1.82, 2.24) is 19.5 Å². The molecule has 1 aromatic carbocycles. The van der Waals surface area contributed by atoms with Crippen LogP contribution in [-0.4, -0.2) is 19.5 Å². The second-order valence-corrected chi connectivity index (χ2v) is 4.11. The summed E-state index contributed by atoms with van der Waals surface area (Å²) in [4.78, 5) is 23.4. The van der Waals surface area contributed by atoms with Crippen molar-refractivity contribution in [3.05, 3.63) is 53.2 Å². The molecule has 0 aliphatic carbocycles. The number of para-hydroxylation sites is 1. The van der Waals surface area contributed by atoms with Crippen LogP contribution >= 0.6 is 0 Å². The van der Waals surface area contributed by atoms with Gasteiger partial charge in [0.15, 0.2) is 5.82 Å². The van der Waals surface area contributed by atoms with E-state index in [0.717, 1.165) is 21.9 Å². The fourth-order valence-electron chi connectivity index (χ4n) is 2.28. The largest absolute Gasteiger partial charge is 0.356 e. The third-order valence-electron chi connectivity index (χ3n) is 3.10. The van der Waals surface area contributed by atoms with Crippen molar-refractivity contribution >= 4 is 21.9 Å². The molecule has 0 bridgehead atoms. The van der Waals surface area contributed by atoms with Crippen LogP contribution in [0.15, 0.2) is 47.7 Å². The molecule has 0 unspecified atom stereocenters. The molecule has 2 aliphatic rings. The van der Waals surface area contributed by atoms with Gasteiger partial charge in [-0.1, -0.05) is 18.2 Å². The summed E-state index contributed by atoms with van der Waals surface area (Å²) in [5.41, 5.74) is 2.39. The minimum Gasteiger partial charge on any atom is -0.356 e. The highest BCUT2D eigenvalue weighted by molar-refractivity contribution is 6.01. The first-order chi connectivity index (χ1) is 8.84. The molecular formula is C13H8N4O. The molecule has 2 aromatic rings. The Morgan fingerprint density at radius 1 is 1.11 bits per heavy atom. The first-order valence-corrected chi connectivity index (χ1v) is 5.57. The van der Waals surface area contributed by atoms with Gasteiger partial charge in [0.1, 0.15) is 0 Å². The molecule has 0 spiro atoms. The lowest BCUT2D eigenvalue weighted by Gasteiger charge is -2.08. The van der Waals surface area contributed by atoms with Crippen molar-refractivity contribution in [3.63, 3.8) is 0 Å². The molecule has 0 radical (unpaired) electrons. The fourth-order valence-corrected chi connectivity index (χ4v) is 2.28. The lowest BCUT2D eigenvalue weighted by atomic mass is 10.2. The van der Waals surface area contributed by atoms with Crippen LogP contribution in [0, 0.1) is 0 Å². The molecule has 0 saturated carbocycles. The predicted molar refractivity (Wildman–Crippen MR) is 68.2 cm³/mol. The van der Waals surface area contributed by atoms with Crippen LogP contribution in [0.4, 0.5) is 0 Å². The summed E-state index contributed by atoms with van der Waals surface area (Å²) in [5.74, 6) is 0.601. The van der Waals surface area contributed by atoms with E-state index < -0.39 is 0 Å². The lowest BCUT2D eigenvalue weighted by Crippen LogP contribution is -2.13. The van der Waals surface area contributed by atoms with Gasteiger partial charge in [0.05, 0.1) is 28.9 Å². The van der Waals surface area contributed by atoms with Gasteiger partial charge >= 0.3 is 0 Å². The minimum absolute atomic E-state index is 0.138. The number of pyridine rings is 1. The SMILES string of the molecule is O=c1cnc2c[nH]c3c4ccccc4ncc3n1-2. The van der Waals surface area contributed by atoms with Gasteiger partial charge in [-0.2, -0.15) is 0 Å². The Bertz CT molecular complexity index is 906. The lowest BCUT2D eigenvalue weighted by molar-refractivity contribution is 1.03. The van der Waals surface area contributed by atoms with E-state index in [-0.39, 0.29) is 5.56 Å². The van der Waals surface area contributed by atoms with Crippen molar-refractivity contribution in [2.75, 3.05) is 0 Å². The number of fused-ring (bicyclic) bond motifs is 5. The topological polar surface area (TPSA) is 63.6 Å². The maximum atomic E-state index is 11.8. The standard InChI is InChI=1S/C13H8N4O/c18-12-7-15-11-6-16-13-8-3-1-2-4-9(8)14-5-10(13)17(11)12/h1-7,16H. The molecule has 0 atom stereocenters. The second kappa shape index (κ2) is 3.16. The molecule has 2 aliphatic heterocycles. The predicted octanol–water partition coefficient (Wildman–Crippen LogP) is 1.70. The number of imidazole rings is 1. The molecule has 86 valence electrons. The highest BCUT2D eigenvalue weighted by Crippen LogP contribution is 2.22. The number of aromatic nitrogens is 4. The van der Waals surface area contributed by atoms with E-state index in [1.165, 1.54) is 6.20 Å². The molecular weight excluding hydrogens is 228 g/mol. The highest BCUT2D eigenvalue weighted by Gasteiger charge is 2.12. The molecule has 18 heavy (non-hydrogen) atoms. The zero-order valence-corrected chi connectivity index (χ0v) is 9.29. The third-order valence-corrected chi connectivity index (χ3v) is 3.10. The van der Waals surface area contributed by atoms with Crippen molar-refractivity contribution < 1.29 is 0 Å². The van der Waals surface area contributed by atoms with Gasteiger partial charge in [-0.25, -0.2) is 4.98 Å². The molecule has 0 fully saturated rings. The molecule has 1 aromatic heterocycles. The average molecular weight is 236 g/mol. The zero-order chi connectivity index (χ0) is 12.1. The quantitative estimate of drug-likeness (QED) is 0.473. The number of aromatic amines is 1. The van der Waals surface area contributed by atoms with Crippen molar-refractivity contribution in [3.8, 4) is 5.82 Å². The van der Waals surface area contributed by atoms with E-state index in [2.05, 4.69) is 15.0 Å². The van der Waals surface area contributed by atoms with Crippen molar-refractivity contribution in [2.45, 2.75) is 0 Å². The Labute approximate surface area is 101 Å². The Balaban J connectivity index is 2.34. The number of rotatable bonds is 0. The van der Waals surface area contributed by atoms with Crippen LogP contribution in [0.2, 0.25) is 0 Å². The number of hydrogen-bond donors (Lipinski definition) is 1. The molecule has 5 nitrogen and oxygen atoms in total. The van der Waals surface area contributed by atoms with E-state index in [1.54, 1.807) is 17.0 Å². The van der Waals surface area contributed by atoms with Crippen LogP contribution < -0.4 is 5.56 Å². The highest BCUT2D eigenvalue weighted by atomic mass is 16.1. The van der Waals surface area contributed by atoms with E-state index in [1.807, 2.05) is 24.3 Å². The molecule has 0 amide bonds. The summed E-state index contributed by atoms with van der Waals surface area (Å²) >= 11 is 0. The second-order valence-electron chi connectivity index (χ2n) is 4.11. The Morgan fingerprint density at radius 2 is 2.00 bits per heavy atom. The number of benzene rings is 1. The summed E-state index contributed by atoms with van der Waals surface area (Å²) in [6.45, 7) is 0. The Hall–Kier alpha value is -2.69. The average Bonchev–Trinajstić information content (AvgIpc) is 2.80. The van der Waals surface area contributed by atoms with E-state index in [0.29, 0.717) is 5.82 Å². The zero-order valence-electron chi connectivity index (χ0n) is 9.29. The first kappa shape index (κ1) is 9.35. The summed E-state index contributed by atoms with van der Waals surface area (Å²) in [6, 6.07) is 7.82. The Kier molecular flexibility index (Phi) is 1.64. The first-order valence-electron chi connectivity index (χ1n) is 5.57. The van der Waals surface area contributed by atoms with Gasteiger partial charge in [0.25, 0.3) is 5.56 Å². The van der Waals surface area contributed by atoms with Crippen molar-refractivity contribution in [2.24, 2.45) is 0 Å². The molecule has 1 N–H and O–H groups in total. The van der Waals surface area contributed by atoms with Gasteiger partial charge in [-0.3, -0.25) is 14.3 Å². The van der Waals surface area contributed by atoms with E-state index in [9.17, 15) is 4.79 Å². The summed E-state index contributed by atoms with van der Waals surface area (Å²) in [7, 11) is 0. The van der Waals surface area contributed by atoms with Gasteiger partial charge in [-0.05, 0) is 6.07 Å². The summed E-state index contributed by atoms with van der Waals surface area (Å²) < 4.78 is 1.56. The number of hydrogen-bond acceptors (Lipinski definition) is 3. The molecule has 5 heteroatoms. The normalized spacial score (nSPS) is 11.6. The number of nitrogens with one attached hydrogen (secondary N) is 1. The minimum atomic E-state index is -0.138. The van der Waals surface area contributed by atoms with Crippen LogP contribution in [0.3, 0.4) is 0 Å². The molecule has 0 saturated heterocycles. The summed E-state index contributed by atoms with van der Waals surface area (Å²) in [5, 5.41) is 0.991. The monoisotopic (exact) mass is 236 g/mol. The van der Waals surface area contributed by atoms with Gasteiger partial charge in [-0.15, -0.1) is 0 Å². The van der Waals surface area contributed by atoms with E-state index in [4.69, 9.17) is 0 Å². The maximum absolute atomic E-state index is 11.8. The molecule has 4 rings (SSSR count). The van der Waals surface area contributed by atoms with E-state index >= 15 is 0 Å². The van der Waals surface area contributed by atoms with Gasteiger partial charge in [0.2, 0.25) is 0 Å². The fraction of sp³-hybridized carbons (Fsp3) is 0. The molecule has 3 heterocycles. The van der Waals surface area contributed by atoms with Crippen LogP contribution in [0.25, 0.3) is 27.8 Å². The number of nitrogens with zero attached hydrogens (tertiary/aromatic N) is 3. The van der Waals surface area contributed by atoms with Crippen LogP contribution in [0.5, 0.6) is 0 Å². The van der Waals surface area contributed by atoms with Crippen LogP contribution in [0.1, 0.15) is 0 Å². The third kappa shape index (κ3) is 1.08. The van der Waals surface area contributed by atoms with Crippen LogP contribution in [-0.2, 0) is 0 Å².